The number of amides is 1. The van der Waals surface area contributed by atoms with Gasteiger partial charge in [-0.1, -0.05) is 20.8 Å². The summed E-state index contributed by atoms with van der Waals surface area (Å²) in [6, 6.07) is 0.353. The molecule has 2 saturated heterocycles. The lowest BCUT2D eigenvalue weighted by molar-refractivity contribution is -0.126. The minimum Gasteiger partial charge on any atom is -0.354 e. The number of hydrogen-bond donors (Lipinski definition) is 1. The van der Waals surface area contributed by atoms with Gasteiger partial charge in [-0.2, -0.15) is 0 Å². The van der Waals surface area contributed by atoms with Crippen LogP contribution in [0.4, 0.5) is 0 Å². The number of nitrogens with one attached hydrogen (secondary N) is 1. The number of carbonyl (C=O) groups is 1. The van der Waals surface area contributed by atoms with E-state index in [0.29, 0.717) is 31.6 Å². The van der Waals surface area contributed by atoms with Crippen LogP contribution in [0.1, 0.15) is 46.5 Å². The first kappa shape index (κ1) is 20.6. The fourth-order valence-electron chi connectivity index (χ4n) is 3.95. The summed E-state index contributed by atoms with van der Waals surface area (Å²) in [7, 11) is -3.21. The molecule has 146 valence electrons. The molecule has 2 aliphatic rings. The van der Waals surface area contributed by atoms with E-state index in [-0.39, 0.29) is 11.8 Å². The molecule has 1 amide bonds. The Kier molecular flexibility index (Phi) is 7.29. The van der Waals surface area contributed by atoms with Crippen molar-refractivity contribution in [2.24, 2.45) is 17.8 Å². The maximum Gasteiger partial charge on any atom is 0.224 e. The van der Waals surface area contributed by atoms with Crippen LogP contribution >= 0.6 is 0 Å². The quantitative estimate of drug-likeness (QED) is 0.767. The van der Waals surface area contributed by atoms with Gasteiger partial charge in [0.05, 0.1) is 12.2 Å². The van der Waals surface area contributed by atoms with Crippen molar-refractivity contribution in [2.45, 2.75) is 52.5 Å². The summed E-state index contributed by atoms with van der Waals surface area (Å²) in [5.74, 6) is 1.05. The number of rotatable bonds is 6. The number of likely N-dealkylation sites (tertiary alicyclic amines) is 1. The summed E-state index contributed by atoms with van der Waals surface area (Å²) >= 11 is 0. The molecule has 0 aromatic carbocycles. The molecule has 0 aromatic rings. The van der Waals surface area contributed by atoms with Gasteiger partial charge in [-0.15, -0.1) is 0 Å². The molecule has 0 radical (unpaired) electrons. The molecule has 2 atom stereocenters. The fraction of sp³-hybridized carbons (Fsp3) is 0.944. The molecular formula is C18H35N3O3S. The van der Waals surface area contributed by atoms with Crippen LogP contribution in [0.2, 0.25) is 0 Å². The Bertz CT molecular complexity index is 542. The summed E-state index contributed by atoms with van der Waals surface area (Å²) in [6.07, 6.45) is 5.19. The zero-order chi connectivity index (χ0) is 18.6. The molecule has 1 N–H and O–H groups in total. The second-order valence-electron chi connectivity index (χ2n) is 8.24. The van der Waals surface area contributed by atoms with Gasteiger partial charge in [-0.3, -0.25) is 9.69 Å². The molecule has 25 heavy (non-hydrogen) atoms. The smallest absolute Gasteiger partial charge is 0.224 e. The van der Waals surface area contributed by atoms with Gasteiger partial charge in [-0.05, 0) is 50.6 Å². The Morgan fingerprint density at radius 1 is 1.16 bits per heavy atom. The SMILES string of the molecule is CC1CCN([C@@H](CNC(=O)[C@@H]2CCCN(S(C)(=O)=O)C2)C(C)C)CC1. The molecule has 0 aromatic heterocycles. The van der Waals surface area contributed by atoms with Crippen molar-refractivity contribution in [3.8, 4) is 0 Å². The van der Waals surface area contributed by atoms with Crippen LogP contribution in [0.3, 0.4) is 0 Å². The van der Waals surface area contributed by atoms with Crippen molar-refractivity contribution in [2.75, 3.05) is 39.0 Å². The number of carbonyl (C=O) groups excluding carboxylic acids is 1. The minimum absolute atomic E-state index is 0.00405. The number of sulfonamides is 1. The molecule has 0 bridgehead atoms. The molecule has 6 nitrogen and oxygen atoms in total. The zero-order valence-electron chi connectivity index (χ0n) is 16.2. The van der Waals surface area contributed by atoms with E-state index in [1.54, 1.807) is 0 Å². The molecule has 0 spiro atoms. The summed E-state index contributed by atoms with van der Waals surface area (Å²) in [5.41, 5.74) is 0. The Balaban J connectivity index is 1.88. The van der Waals surface area contributed by atoms with Crippen molar-refractivity contribution >= 4 is 15.9 Å². The Morgan fingerprint density at radius 3 is 2.36 bits per heavy atom. The van der Waals surface area contributed by atoms with Gasteiger partial charge in [0.25, 0.3) is 0 Å². The van der Waals surface area contributed by atoms with Gasteiger partial charge < -0.3 is 5.32 Å². The van der Waals surface area contributed by atoms with Gasteiger partial charge >= 0.3 is 0 Å². The van der Waals surface area contributed by atoms with Crippen LogP contribution in [0.15, 0.2) is 0 Å². The van der Waals surface area contributed by atoms with Crippen LogP contribution in [0, 0.1) is 17.8 Å². The van der Waals surface area contributed by atoms with E-state index in [2.05, 4.69) is 31.0 Å². The van der Waals surface area contributed by atoms with Gasteiger partial charge in [0.1, 0.15) is 0 Å². The van der Waals surface area contributed by atoms with Gasteiger partial charge in [0, 0.05) is 25.7 Å². The van der Waals surface area contributed by atoms with Gasteiger partial charge in [-0.25, -0.2) is 12.7 Å². The molecule has 2 heterocycles. The van der Waals surface area contributed by atoms with Crippen molar-refractivity contribution in [3.05, 3.63) is 0 Å². The van der Waals surface area contributed by atoms with Crippen molar-refractivity contribution < 1.29 is 13.2 Å². The average Bonchev–Trinajstić information content (AvgIpc) is 2.55. The normalized spacial score (nSPS) is 25.9. The third-order valence-electron chi connectivity index (χ3n) is 5.77. The van der Waals surface area contributed by atoms with E-state index in [0.717, 1.165) is 31.8 Å². The highest BCUT2D eigenvalue weighted by Gasteiger charge is 2.31. The first-order valence-corrected chi connectivity index (χ1v) is 11.5. The van der Waals surface area contributed by atoms with E-state index < -0.39 is 10.0 Å². The lowest BCUT2D eigenvalue weighted by atomic mass is 9.94. The van der Waals surface area contributed by atoms with Crippen molar-refractivity contribution in [1.29, 1.82) is 0 Å². The number of piperidine rings is 2. The standard InChI is InChI=1S/C18H35N3O3S/c1-14(2)17(20-10-7-15(3)8-11-20)12-19-18(22)16-6-5-9-21(13-16)25(4,23)24/h14-17H,5-13H2,1-4H3,(H,19,22)/t16-,17+/m1/s1. The Hall–Kier alpha value is -0.660. The van der Waals surface area contributed by atoms with E-state index in [1.165, 1.54) is 23.4 Å². The monoisotopic (exact) mass is 373 g/mol. The first-order chi connectivity index (χ1) is 11.7. The predicted octanol–water partition coefficient (Wildman–Crippen LogP) is 1.53. The summed E-state index contributed by atoms with van der Waals surface area (Å²) in [5, 5.41) is 3.11. The maximum atomic E-state index is 12.6. The maximum absolute atomic E-state index is 12.6. The first-order valence-electron chi connectivity index (χ1n) is 9.65. The molecule has 7 heteroatoms. The van der Waals surface area contributed by atoms with Gasteiger partial charge in [0.2, 0.25) is 15.9 Å². The molecule has 2 aliphatic heterocycles. The number of nitrogens with zero attached hydrogens (tertiary/aromatic N) is 2. The van der Waals surface area contributed by atoms with Crippen LogP contribution in [-0.2, 0) is 14.8 Å². The van der Waals surface area contributed by atoms with E-state index in [4.69, 9.17) is 0 Å². The molecule has 2 rings (SSSR count). The van der Waals surface area contributed by atoms with Crippen molar-refractivity contribution in [1.82, 2.24) is 14.5 Å². The summed E-state index contributed by atoms with van der Waals surface area (Å²) in [6.45, 7) is 10.4. The highest BCUT2D eigenvalue weighted by molar-refractivity contribution is 7.88. The predicted molar refractivity (Wildman–Crippen MR) is 101 cm³/mol. The summed E-state index contributed by atoms with van der Waals surface area (Å²) < 4.78 is 24.9. The lowest BCUT2D eigenvalue weighted by Crippen LogP contribution is -2.51. The third kappa shape index (κ3) is 5.93. The average molecular weight is 374 g/mol. The van der Waals surface area contributed by atoms with E-state index in [1.807, 2.05) is 0 Å². The molecular weight excluding hydrogens is 338 g/mol. The molecule has 0 unspecified atom stereocenters. The third-order valence-corrected chi connectivity index (χ3v) is 7.04. The summed E-state index contributed by atoms with van der Waals surface area (Å²) in [4.78, 5) is 15.1. The van der Waals surface area contributed by atoms with Crippen LogP contribution in [-0.4, -0.2) is 68.6 Å². The largest absolute Gasteiger partial charge is 0.354 e. The van der Waals surface area contributed by atoms with E-state index in [9.17, 15) is 13.2 Å². The molecule has 2 fully saturated rings. The second-order valence-corrected chi connectivity index (χ2v) is 10.2. The molecule has 0 aliphatic carbocycles. The lowest BCUT2D eigenvalue weighted by Gasteiger charge is -2.39. The highest BCUT2D eigenvalue weighted by Crippen LogP contribution is 2.22. The minimum atomic E-state index is -3.21. The zero-order valence-corrected chi connectivity index (χ0v) is 17.0. The van der Waals surface area contributed by atoms with Crippen LogP contribution < -0.4 is 5.32 Å². The Morgan fingerprint density at radius 2 is 1.80 bits per heavy atom. The van der Waals surface area contributed by atoms with E-state index >= 15 is 0 Å². The van der Waals surface area contributed by atoms with Crippen LogP contribution in [0.25, 0.3) is 0 Å². The highest BCUT2D eigenvalue weighted by atomic mass is 32.2. The van der Waals surface area contributed by atoms with Crippen LogP contribution in [0.5, 0.6) is 0 Å². The molecule has 0 saturated carbocycles. The van der Waals surface area contributed by atoms with Crippen molar-refractivity contribution in [3.63, 3.8) is 0 Å². The second kappa shape index (κ2) is 8.82. The number of hydrogen-bond acceptors (Lipinski definition) is 4. The van der Waals surface area contributed by atoms with Gasteiger partial charge in [0.15, 0.2) is 0 Å². The topological polar surface area (TPSA) is 69.7 Å². The fourth-order valence-corrected chi connectivity index (χ4v) is 4.87. The Labute approximate surface area is 153 Å².